The standard InChI is InChI=1S/C59H96O25/c1-25(2)28-11-16-58(53(73)81-38-20-31(63)41(66)34(78-38)23-76-50-46(71)44(69)47(33(21-60)79-50)82-51-43(68)30(62)19-26(3)77-51)18-17-56(7)29(39(28)58)9-10-36-54(5)14-13-37(55(6,24-61)35(54)12-15-57(36,56)8)80-52-48(42(67)32(64)22-75-52)84-59(74)49(72)45(70)40(65)27(4)83-59/h26-52,60-72,74H,1,9-24H2,2-8H3/t26-,27-,28?,29+,30+,31+,32-,33+,34+,35+,36+,37-,38-,39+,40-,41-,42-,43+,44+,45+,46+,47+,48+,49+,50+,51-,52?,54-,55-,56+,57+,58-,59+/m0/s1. The molecule has 10 rings (SSSR count). The highest BCUT2D eigenvalue weighted by Gasteiger charge is 2.73. The summed E-state index contributed by atoms with van der Waals surface area (Å²) in [4.78, 5) is 15.2. The van der Waals surface area contributed by atoms with E-state index in [1.165, 1.54) is 6.92 Å². The van der Waals surface area contributed by atoms with Crippen molar-refractivity contribution in [1.82, 2.24) is 0 Å². The summed E-state index contributed by atoms with van der Waals surface area (Å²) in [5.41, 5.74) is -1.62. The molecule has 0 aromatic heterocycles. The van der Waals surface area contributed by atoms with Crippen LogP contribution >= 0.6 is 0 Å². The molecule has 5 aliphatic carbocycles. The zero-order valence-corrected chi connectivity index (χ0v) is 49.4. The van der Waals surface area contributed by atoms with E-state index in [9.17, 15) is 71.5 Å². The molecule has 5 saturated carbocycles. The molecule has 14 N–H and O–H groups in total. The van der Waals surface area contributed by atoms with Crippen LogP contribution in [0, 0.1) is 56.7 Å². The third kappa shape index (κ3) is 10.8. The van der Waals surface area contributed by atoms with Gasteiger partial charge in [0.05, 0.1) is 62.4 Å². The Bertz CT molecular complexity index is 2320. The number of carbonyl (C=O) groups excluding carboxylic acids is 1. The van der Waals surface area contributed by atoms with Crippen LogP contribution in [0.4, 0.5) is 0 Å². The van der Waals surface area contributed by atoms with Gasteiger partial charge in [-0.25, -0.2) is 0 Å². The lowest BCUT2D eigenvalue weighted by Crippen LogP contribution is -2.69. The molecule has 5 saturated heterocycles. The fraction of sp³-hybridized carbons (Fsp3) is 0.949. The van der Waals surface area contributed by atoms with Crippen molar-refractivity contribution in [3.8, 4) is 0 Å². The molecule has 5 heterocycles. The van der Waals surface area contributed by atoms with Crippen LogP contribution in [0.25, 0.3) is 0 Å². The number of rotatable bonds is 14. The minimum absolute atomic E-state index is 0.00365. The van der Waals surface area contributed by atoms with Crippen molar-refractivity contribution in [2.24, 2.45) is 56.7 Å². The smallest absolute Gasteiger partial charge is 0.314 e. The number of esters is 1. The summed E-state index contributed by atoms with van der Waals surface area (Å²) >= 11 is 0. The van der Waals surface area contributed by atoms with Crippen molar-refractivity contribution in [3.63, 3.8) is 0 Å². The minimum atomic E-state index is -2.94. The van der Waals surface area contributed by atoms with Gasteiger partial charge in [0.2, 0.25) is 6.29 Å². The molecule has 2 unspecified atom stereocenters. The van der Waals surface area contributed by atoms with Crippen molar-refractivity contribution < 1.29 is 124 Å². The summed E-state index contributed by atoms with van der Waals surface area (Å²) in [5.74, 6) is -3.35. The second kappa shape index (κ2) is 24.2. The van der Waals surface area contributed by atoms with Crippen LogP contribution in [0.15, 0.2) is 12.2 Å². The van der Waals surface area contributed by atoms with Gasteiger partial charge in [0.25, 0.3) is 0 Å². The molecule has 0 aromatic rings. The van der Waals surface area contributed by atoms with Crippen molar-refractivity contribution in [2.45, 2.75) is 267 Å². The second-order valence-electron chi connectivity index (χ2n) is 27.9. The molecule has 0 spiro atoms. The Kier molecular flexibility index (Phi) is 18.8. The molecule has 0 amide bonds. The number of ether oxygens (including phenoxy) is 10. The van der Waals surface area contributed by atoms with E-state index in [4.69, 9.17) is 47.4 Å². The maximum Gasteiger partial charge on any atom is 0.314 e. The maximum atomic E-state index is 15.2. The first-order valence-electron chi connectivity index (χ1n) is 30.6. The third-order valence-electron chi connectivity index (χ3n) is 23.4. The molecule has 5 aliphatic heterocycles. The van der Waals surface area contributed by atoms with Gasteiger partial charge in [0.15, 0.2) is 25.0 Å². The van der Waals surface area contributed by atoms with Gasteiger partial charge < -0.3 is 119 Å². The molecule has 10 aliphatic rings. The number of allylic oxidation sites excluding steroid dienone is 1. The summed E-state index contributed by atoms with van der Waals surface area (Å²) in [5, 5.41) is 152. The SMILES string of the molecule is C=C(C)C1CC[C@]2(C(=O)O[C@H]3C[C@@H](O)[C@H](O)[C@@H](CO[C@@H]4O[C@H](CO)[C@@H](O[C@@H]5O[C@@H](C)C[C@@H](O)[C@H]5O)[C@H](O)[C@H]4O)O3)CC[C@]3(C)[C@H](CC[C@@H]4[C@@]5(C)CC[C@H](OC6OC[C@H](O)[C@H](O)[C@H]6O[C@]6(O)O[C@@H](C)[C@H](O)[C@@H](O)[C@H]6O)[C@@](C)(CO)[C@@H]5CC[C@]43C)[C@@H]12. The number of fused-ring (bicyclic) bond motifs is 7. The van der Waals surface area contributed by atoms with Crippen LogP contribution in [0.3, 0.4) is 0 Å². The molecule has 84 heavy (non-hydrogen) atoms. The predicted molar refractivity (Wildman–Crippen MR) is 286 cm³/mol. The predicted octanol–water partition coefficient (Wildman–Crippen LogP) is -1.31. The highest BCUT2D eigenvalue weighted by molar-refractivity contribution is 5.78. The lowest BCUT2D eigenvalue weighted by molar-refractivity contribution is -0.475. The number of hydrogen-bond acceptors (Lipinski definition) is 25. The van der Waals surface area contributed by atoms with Crippen molar-refractivity contribution in [3.05, 3.63) is 12.2 Å². The number of aliphatic hydroxyl groups excluding tert-OH is 13. The molecule has 25 heteroatoms. The van der Waals surface area contributed by atoms with Crippen LogP contribution in [-0.2, 0) is 52.2 Å². The average Bonchev–Trinajstić information content (AvgIpc) is 2.07. The van der Waals surface area contributed by atoms with E-state index in [0.717, 1.165) is 37.7 Å². The summed E-state index contributed by atoms with van der Waals surface area (Å²) in [6.07, 6.45) is -25.1. The maximum absolute atomic E-state index is 15.2. The van der Waals surface area contributed by atoms with Gasteiger partial charge in [-0.2, -0.15) is 0 Å². The first kappa shape index (κ1) is 65.2. The Morgan fingerprint density at radius 3 is 2.05 bits per heavy atom. The molecular formula is C59H96O25. The highest BCUT2D eigenvalue weighted by Crippen LogP contribution is 2.78. The summed E-state index contributed by atoms with van der Waals surface area (Å²) in [7, 11) is 0. The van der Waals surface area contributed by atoms with Crippen LogP contribution in [-0.4, -0.2) is 245 Å². The van der Waals surface area contributed by atoms with E-state index in [-0.39, 0.29) is 71.9 Å². The molecule has 33 atom stereocenters. The third-order valence-corrected chi connectivity index (χ3v) is 23.4. The Balaban J connectivity index is 0.817. The van der Waals surface area contributed by atoms with E-state index in [1.54, 1.807) is 6.92 Å². The summed E-state index contributed by atoms with van der Waals surface area (Å²) < 4.78 is 59.5. The van der Waals surface area contributed by atoms with Gasteiger partial charge >= 0.3 is 11.9 Å². The first-order valence-corrected chi connectivity index (χ1v) is 30.6. The molecule has 25 nitrogen and oxygen atoms in total. The van der Waals surface area contributed by atoms with Gasteiger partial charge in [-0.3, -0.25) is 4.79 Å². The zero-order valence-electron chi connectivity index (χ0n) is 49.4. The van der Waals surface area contributed by atoms with Crippen molar-refractivity contribution >= 4 is 5.97 Å². The molecule has 10 fully saturated rings. The number of carbonyl (C=O) groups is 1. The van der Waals surface area contributed by atoms with E-state index in [1.807, 2.05) is 13.8 Å². The Morgan fingerprint density at radius 2 is 1.36 bits per heavy atom. The minimum Gasteiger partial charge on any atom is -0.435 e. The summed E-state index contributed by atoms with van der Waals surface area (Å²) in [6.45, 7) is 16.8. The fourth-order valence-electron chi connectivity index (χ4n) is 18.5. The average molecular weight is 1210 g/mol. The first-order chi connectivity index (χ1) is 39.4. The normalized spacial score (nSPS) is 55.9. The molecule has 482 valence electrons. The molecule has 0 bridgehead atoms. The van der Waals surface area contributed by atoms with E-state index >= 15 is 4.79 Å². The summed E-state index contributed by atoms with van der Waals surface area (Å²) in [6, 6.07) is 0. The van der Waals surface area contributed by atoms with Gasteiger partial charge in [-0.1, -0.05) is 39.8 Å². The van der Waals surface area contributed by atoms with Crippen molar-refractivity contribution in [2.75, 3.05) is 26.4 Å². The molecule has 0 radical (unpaired) electrons. The van der Waals surface area contributed by atoms with Crippen LogP contribution in [0.2, 0.25) is 0 Å². The van der Waals surface area contributed by atoms with E-state index in [0.29, 0.717) is 32.1 Å². The van der Waals surface area contributed by atoms with Gasteiger partial charge in [-0.05, 0) is 131 Å². The monoisotopic (exact) mass is 1200 g/mol. The zero-order chi connectivity index (χ0) is 61.1. The largest absolute Gasteiger partial charge is 0.435 e. The van der Waals surface area contributed by atoms with Crippen molar-refractivity contribution in [1.29, 1.82) is 0 Å². The van der Waals surface area contributed by atoms with E-state index in [2.05, 4.69) is 27.4 Å². The highest BCUT2D eigenvalue weighted by atomic mass is 16.9. The Hall–Kier alpha value is -1.71. The number of aliphatic hydroxyl groups is 14. The van der Waals surface area contributed by atoms with Gasteiger partial charge in [0.1, 0.15) is 73.2 Å². The molecular weight excluding hydrogens is 1110 g/mol. The Labute approximate surface area is 490 Å². The van der Waals surface area contributed by atoms with E-state index < -0.39 is 171 Å². The lowest BCUT2D eigenvalue weighted by Gasteiger charge is -2.73. The topological polar surface area (TPSA) is 393 Å². The van der Waals surface area contributed by atoms with Gasteiger partial charge in [0, 0.05) is 18.3 Å². The number of hydrogen-bond donors (Lipinski definition) is 14. The van der Waals surface area contributed by atoms with Gasteiger partial charge in [-0.15, -0.1) is 0 Å². The quantitative estimate of drug-likeness (QED) is 0.0416. The molecule has 0 aromatic carbocycles. The lowest BCUT2D eigenvalue weighted by atomic mass is 9.32. The van der Waals surface area contributed by atoms with Crippen LogP contribution in [0.5, 0.6) is 0 Å². The Morgan fingerprint density at radius 1 is 0.643 bits per heavy atom. The van der Waals surface area contributed by atoms with Crippen LogP contribution in [0.1, 0.15) is 126 Å². The fourth-order valence-corrected chi connectivity index (χ4v) is 18.5. The second-order valence-corrected chi connectivity index (χ2v) is 27.9. The van der Waals surface area contributed by atoms with Crippen LogP contribution < -0.4 is 0 Å².